The quantitative estimate of drug-likeness (QED) is 0.535. The second-order valence-corrected chi connectivity index (χ2v) is 7.12. The van der Waals surface area contributed by atoms with E-state index in [2.05, 4.69) is 10.2 Å². The van der Waals surface area contributed by atoms with E-state index in [1.165, 1.54) is 24.3 Å². The summed E-state index contributed by atoms with van der Waals surface area (Å²) in [5.41, 5.74) is 1.83. The van der Waals surface area contributed by atoms with Gasteiger partial charge < -0.3 is 14.8 Å². The Balaban J connectivity index is 1.43. The number of rotatable bonds is 7. The molecule has 0 atom stereocenters. The molecule has 0 radical (unpaired) electrons. The Kier molecular flexibility index (Phi) is 7.96. The molecule has 3 rings (SSSR count). The molecule has 0 aromatic heterocycles. The molecule has 1 aliphatic heterocycles. The summed E-state index contributed by atoms with van der Waals surface area (Å²) in [5.74, 6) is -1.80. The van der Waals surface area contributed by atoms with Gasteiger partial charge in [-0.3, -0.25) is 9.69 Å². The minimum absolute atomic E-state index is 0.0812. The number of benzene rings is 2. The number of amides is 1. The molecule has 0 bridgehead atoms. The first-order valence-corrected chi connectivity index (χ1v) is 9.87. The van der Waals surface area contributed by atoms with E-state index in [1.54, 1.807) is 12.1 Å². The van der Waals surface area contributed by atoms with Gasteiger partial charge in [-0.2, -0.15) is 0 Å². The number of carbonyl (C=O) groups is 2. The van der Waals surface area contributed by atoms with Gasteiger partial charge in [0.15, 0.2) is 6.61 Å². The van der Waals surface area contributed by atoms with Crippen LogP contribution >= 0.6 is 11.6 Å². The fourth-order valence-electron chi connectivity index (χ4n) is 2.91. The van der Waals surface area contributed by atoms with Crippen molar-refractivity contribution in [3.63, 3.8) is 0 Å². The molecule has 0 aliphatic carbocycles. The SMILES string of the molecule is O=C(COC(=O)/C=C/c1c(F)cccc1Cl)Nc1ccc(CN2CCOCC2)cc1. The lowest BCUT2D eigenvalue weighted by Crippen LogP contribution is -2.35. The largest absolute Gasteiger partial charge is 0.452 e. The van der Waals surface area contributed by atoms with Crippen molar-refractivity contribution in [1.29, 1.82) is 0 Å². The molecule has 2 aromatic carbocycles. The summed E-state index contributed by atoms with van der Waals surface area (Å²) in [6, 6.07) is 11.7. The van der Waals surface area contributed by atoms with Gasteiger partial charge in [0.2, 0.25) is 0 Å². The lowest BCUT2D eigenvalue weighted by Gasteiger charge is -2.26. The summed E-state index contributed by atoms with van der Waals surface area (Å²) in [6.45, 7) is 3.67. The molecule has 1 heterocycles. The van der Waals surface area contributed by atoms with Crippen molar-refractivity contribution in [3.8, 4) is 0 Å². The molecule has 0 saturated carbocycles. The Morgan fingerprint density at radius 3 is 2.60 bits per heavy atom. The number of morpholine rings is 1. The number of nitrogens with one attached hydrogen (secondary N) is 1. The topological polar surface area (TPSA) is 67.9 Å². The van der Waals surface area contributed by atoms with Gasteiger partial charge in [-0.25, -0.2) is 9.18 Å². The van der Waals surface area contributed by atoms with Crippen LogP contribution in [-0.2, 0) is 25.6 Å². The van der Waals surface area contributed by atoms with Gasteiger partial charge in [0.05, 0.1) is 18.2 Å². The summed E-state index contributed by atoms with van der Waals surface area (Å²) in [5, 5.41) is 2.84. The van der Waals surface area contributed by atoms with E-state index in [4.69, 9.17) is 21.1 Å². The van der Waals surface area contributed by atoms with Crippen molar-refractivity contribution >= 4 is 35.2 Å². The Hall–Kier alpha value is -2.74. The third-order valence-corrected chi connectivity index (χ3v) is 4.81. The highest BCUT2D eigenvalue weighted by Gasteiger charge is 2.11. The molecule has 1 fully saturated rings. The highest BCUT2D eigenvalue weighted by molar-refractivity contribution is 6.32. The first kappa shape index (κ1) is 22.0. The molecule has 0 spiro atoms. The summed E-state index contributed by atoms with van der Waals surface area (Å²) in [4.78, 5) is 26.1. The Morgan fingerprint density at radius 1 is 1.17 bits per heavy atom. The summed E-state index contributed by atoms with van der Waals surface area (Å²) in [6.07, 6.45) is 2.24. The van der Waals surface area contributed by atoms with E-state index in [-0.39, 0.29) is 10.6 Å². The maximum atomic E-state index is 13.7. The fourth-order valence-corrected chi connectivity index (χ4v) is 3.14. The average molecular weight is 433 g/mol. The zero-order valence-corrected chi connectivity index (χ0v) is 17.0. The van der Waals surface area contributed by atoms with Crippen molar-refractivity contribution in [2.24, 2.45) is 0 Å². The van der Waals surface area contributed by atoms with Crippen LogP contribution in [0.25, 0.3) is 6.08 Å². The summed E-state index contributed by atoms with van der Waals surface area (Å²) in [7, 11) is 0. The lowest BCUT2D eigenvalue weighted by molar-refractivity contribution is -0.142. The minimum Gasteiger partial charge on any atom is -0.452 e. The van der Waals surface area contributed by atoms with E-state index in [0.29, 0.717) is 5.69 Å². The molecule has 1 amide bonds. The van der Waals surface area contributed by atoms with Gasteiger partial charge >= 0.3 is 5.97 Å². The average Bonchev–Trinajstić information content (AvgIpc) is 2.74. The van der Waals surface area contributed by atoms with Crippen LogP contribution in [0, 0.1) is 5.82 Å². The number of nitrogens with zero attached hydrogens (tertiary/aromatic N) is 1. The van der Waals surface area contributed by atoms with Gasteiger partial charge in [-0.1, -0.05) is 29.8 Å². The monoisotopic (exact) mass is 432 g/mol. The van der Waals surface area contributed by atoms with Crippen molar-refractivity contribution < 1.29 is 23.5 Å². The van der Waals surface area contributed by atoms with Crippen molar-refractivity contribution in [3.05, 3.63) is 70.5 Å². The number of ether oxygens (including phenoxy) is 2. The number of carbonyl (C=O) groups excluding carboxylic acids is 2. The van der Waals surface area contributed by atoms with E-state index < -0.39 is 24.3 Å². The van der Waals surface area contributed by atoms with Gasteiger partial charge in [0, 0.05) is 37.0 Å². The van der Waals surface area contributed by atoms with Crippen molar-refractivity contribution in [2.45, 2.75) is 6.54 Å². The molecule has 30 heavy (non-hydrogen) atoms. The van der Waals surface area contributed by atoms with E-state index >= 15 is 0 Å². The number of esters is 1. The zero-order valence-electron chi connectivity index (χ0n) is 16.3. The molecule has 6 nitrogen and oxygen atoms in total. The van der Waals surface area contributed by atoms with Crippen LogP contribution in [0.1, 0.15) is 11.1 Å². The summed E-state index contributed by atoms with van der Waals surface area (Å²) < 4.78 is 23.9. The van der Waals surface area contributed by atoms with Crippen LogP contribution in [0.5, 0.6) is 0 Å². The van der Waals surface area contributed by atoms with E-state index in [1.807, 2.05) is 12.1 Å². The van der Waals surface area contributed by atoms with Crippen LogP contribution < -0.4 is 5.32 Å². The molecule has 1 aliphatic rings. The molecule has 1 saturated heterocycles. The van der Waals surface area contributed by atoms with E-state index in [9.17, 15) is 14.0 Å². The minimum atomic E-state index is -0.773. The first-order valence-electron chi connectivity index (χ1n) is 9.49. The van der Waals surface area contributed by atoms with Crippen LogP contribution in [0.2, 0.25) is 5.02 Å². The van der Waals surface area contributed by atoms with Gasteiger partial charge in [0.25, 0.3) is 5.91 Å². The fraction of sp³-hybridized carbons (Fsp3) is 0.273. The molecular weight excluding hydrogens is 411 g/mol. The lowest BCUT2D eigenvalue weighted by atomic mass is 10.2. The third-order valence-electron chi connectivity index (χ3n) is 4.48. The Labute approximate surface area is 179 Å². The van der Waals surface area contributed by atoms with E-state index in [0.717, 1.165) is 44.5 Å². The maximum absolute atomic E-state index is 13.7. The predicted molar refractivity (Wildman–Crippen MR) is 113 cm³/mol. The summed E-state index contributed by atoms with van der Waals surface area (Å²) >= 11 is 5.88. The smallest absolute Gasteiger partial charge is 0.331 e. The third kappa shape index (κ3) is 6.66. The van der Waals surface area contributed by atoms with Crippen LogP contribution in [-0.4, -0.2) is 49.7 Å². The van der Waals surface area contributed by atoms with Gasteiger partial charge in [-0.05, 0) is 35.9 Å². The standard InChI is InChI=1S/C22H22ClFN2O4/c23-19-2-1-3-20(24)18(19)8-9-22(28)30-15-21(27)25-17-6-4-16(5-7-17)14-26-10-12-29-13-11-26/h1-9H,10-15H2,(H,25,27)/b9-8+. The van der Waals surface area contributed by atoms with Crippen LogP contribution in [0.15, 0.2) is 48.5 Å². The molecule has 1 N–H and O–H groups in total. The Bertz CT molecular complexity index is 892. The number of hydrogen-bond acceptors (Lipinski definition) is 5. The molecule has 8 heteroatoms. The Morgan fingerprint density at radius 2 is 1.90 bits per heavy atom. The number of anilines is 1. The highest BCUT2D eigenvalue weighted by Crippen LogP contribution is 2.20. The van der Waals surface area contributed by atoms with Crippen molar-refractivity contribution in [1.82, 2.24) is 4.90 Å². The number of halogens is 2. The normalized spacial score (nSPS) is 14.6. The molecule has 2 aromatic rings. The second kappa shape index (κ2) is 10.9. The van der Waals surface area contributed by atoms with Crippen molar-refractivity contribution in [2.75, 3.05) is 38.2 Å². The van der Waals surface area contributed by atoms with Gasteiger partial charge in [-0.15, -0.1) is 0 Å². The number of hydrogen-bond donors (Lipinski definition) is 1. The van der Waals surface area contributed by atoms with Gasteiger partial charge in [0.1, 0.15) is 5.82 Å². The molecule has 0 unspecified atom stereocenters. The first-order chi connectivity index (χ1) is 14.5. The molecule has 158 valence electrons. The van der Waals surface area contributed by atoms with Crippen LogP contribution in [0.4, 0.5) is 10.1 Å². The maximum Gasteiger partial charge on any atom is 0.331 e. The highest BCUT2D eigenvalue weighted by atomic mass is 35.5. The predicted octanol–water partition coefficient (Wildman–Crippen LogP) is 3.51. The zero-order chi connectivity index (χ0) is 21.3. The second-order valence-electron chi connectivity index (χ2n) is 6.71. The molecular formula is C22H22ClFN2O4. The van der Waals surface area contributed by atoms with Crippen LogP contribution in [0.3, 0.4) is 0 Å².